The molecule has 0 fully saturated rings. The minimum Gasteiger partial charge on any atom is -0.487 e. The SMILES string of the molecule is CCOc1ccc(C(=O)OC(C)C(=O)Nc2ccccc2Cl)cc1[N+](=O)[O-]. The largest absolute Gasteiger partial charge is 0.487 e. The molecule has 0 spiro atoms. The van der Waals surface area contributed by atoms with Crippen molar-refractivity contribution in [2.24, 2.45) is 0 Å². The van der Waals surface area contributed by atoms with Gasteiger partial charge in [-0.3, -0.25) is 14.9 Å². The van der Waals surface area contributed by atoms with E-state index in [1.807, 2.05) is 0 Å². The van der Waals surface area contributed by atoms with E-state index in [4.69, 9.17) is 21.1 Å². The third-order valence-electron chi connectivity index (χ3n) is 3.48. The molecule has 2 aromatic carbocycles. The summed E-state index contributed by atoms with van der Waals surface area (Å²) >= 11 is 5.96. The van der Waals surface area contributed by atoms with Crippen LogP contribution in [0.25, 0.3) is 0 Å². The zero-order chi connectivity index (χ0) is 20.0. The average molecular weight is 393 g/mol. The van der Waals surface area contributed by atoms with Crippen LogP contribution in [0.5, 0.6) is 5.75 Å². The first kappa shape index (κ1) is 20.2. The highest BCUT2D eigenvalue weighted by Gasteiger charge is 2.23. The summed E-state index contributed by atoms with van der Waals surface area (Å²) in [4.78, 5) is 34.9. The van der Waals surface area contributed by atoms with Crippen LogP contribution in [-0.4, -0.2) is 29.5 Å². The molecule has 1 N–H and O–H groups in total. The van der Waals surface area contributed by atoms with Gasteiger partial charge in [0.25, 0.3) is 5.91 Å². The van der Waals surface area contributed by atoms with Crippen LogP contribution in [-0.2, 0) is 9.53 Å². The molecule has 2 rings (SSSR count). The van der Waals surface area contributed by atoms with Crippen molar-refractivity contribution in [2.75, 3.05) is 11.9 Å². The van der Waals surface area contributed by atoms with Gasteiger partial charge in [0.2, 0.25) is 0 Å². The highest BCUT2D eigenvalue weighted by molar-refractivity contribution is 6.33. The summed E-state index contributed by atoms with van der Waals surface area (Å²) in [7, 11) is 0. The summed E-state index contributed by atoms with van der Waals surface area (Å²) in [5.41, 5.74) is -0.0502. The fourth-order valence-corrected chi connectivity index (χ4v) is 2.33. The number of carbonyl (C=O) groups is 2. The van der Waals surface area contributed by atoms with Crippen LogP contribution in [0.15, 0.2) is 42.5 Å². The highest BCUT2D eigenvalue weighted by atomic mass is 35.5. The van der Waals surface area contributed by atoms with Crippen molar-refractivity contribution >= 4 is 34.9 Å². The summed E-state index contributed by atoms with van der Waals surface area (Å²) in [6.07, 6.45) is -1.14. The molecule has 0 aliphatic rings. The topological polar surface area (TPSA) is 108 Å². The van der Waals surface area contributed by atoms with E-state index < -0.39 is 22.9 Å². The first-order valence-electron chi connectivity index (χ1n) is 8.01. The Morgan fingerprint density at radius 1 is 1.26 bits per heavy atom. The maximum atomic E-state index is 12.2. The maximum Gasteiger partial charge on any atom is 0.339 e. The van der Waals surface area contributed by atoms with Crippen molar-refractivity contribution in [3.63, 3.8) is 0 Å². The summed E-state index contributed by atoms with van der Waals surface area (Å²) in [6, 6.07) is 10.3. The molecule has 2 aromatic rings. The molecular formula is C18H17ClN2O6. The fourth-order valence-electron chi connectivity index (χ4n) is 2.14. The Labute approximate surface area is 160 Å². The van der Waals surface area contributed by atoms with Gasteiger partial charge in [-0.2, -0.15) is 0 Å². The van der Waals surface area contributed by atoms with E-state index in [0.29, 0.717) is 10.7 Å². The van der Waals surface area contributed by atoms with Gasteiger partial charge >= 0.3 is 11.7 Å². The predicted octanol–water partition coefficient (Wildman–Crippen LogP) is 3.83. The molecule has 8 nitrogen and oxygen atoms in total. The van der Waals surface area contributed by atoms with Crippen molar-refractivity contribution in [3.8, 4) is 5.75 Å². The maximum absolute atomic E-state index is 12.2. The summed E-state index contributed by atoms with van der Waals surface area (Å²) in [5.74, 6) is -1.41. The second kappa shape index (κ2) is 9.00. The molecule has 0 bridgehead atoms. The number of nitrogens with one attached hydrogen (secondary N) is 1. The van der Waals surface area contributed by atoms with E-state index in [-0.39, 0.29) is 23.6 Å². The Hall–Kier alpha value is -3.13. The first-order chi connectivity index (χ1) is 12.8. The molecule has 0 aromatic heterocycles. The molecule has 27 heavy (non-hydrogen) atoms. The Morgan fingerprint density at radius 2 is 1.96 bits per heavy atom. The van der Waals surface area contributed by atoms with E-state index in [2.05, 4.69) is 5.32 Å². The van der Waals surface area contributed by atoms with Gasteiger partial charge in [-0.25, -0.2) is 4.79 Å². The number of amides is 1. The molecule has 142 valence electrons. The lowest BCUT2D eigenvalue weighted by Gasteiger charge is -2.14. The molecule has 1 amide bonds. The van der Waals surface area contributed by atoms with Gasteiger partial charge in [-0.1, -0.05) is 23.7 Å². The number of para-hydroxylation sites is 1. The lowest BCUT2D eigenvalue weighted by Crippen LogP contribution is -2.30. The molecule has 9 heteroatoms. The summed E-state index contributed by atoms with van der Waals surface area (Å²) in [6.45, 7) is 3.31. The second-order valence-electron chi connectivity index (χ2n) is 5.39. The Bertz CT molecular complexity index is 871. The van der Waals surface area contributed by atoms with Gasteiger partial charge in [-0.05, 0) is 38.1 Å². The van der Waals surface area contributed by atoms with Crippen LogP contribution in [0.2, 0.25) is 5.02 Å². The van der Waals surface area contributed by atoms with Crippen LogP contribution in [0.1, 0.15) is 24.2 Å². The molecule has 0 radical (unpaired) electrons. The molecule has 1 unspecified atom stereocenters. The number of nitrogens with zero attached hydrogens (tertiary/aromatic N) is 1. The lowest BCUT2D eigenvalue weighted by molar-refractivity contribution is -0.385. The smallest absolute Gasteiger partial charge is 0.339 e. The quantitative estimate of drug-likeness (QED) is 0.436. The molecule has 0 saturated heterocycles. The lowest BCUT2D eigenvalue weighted by atomic mass is 10.2. The third-order valence-corrected chi connectivity index (χ3v) is 3.81. The van der Waals surface area contributed by atoms with Crippen molar-refractivity contribution < 1.29 is 24.0 Å². The van der Waals surface area contributed by atoms with Crippen molar-refractivity contribution in [2.45, 2.75) is 20.0 Å². The number of nitro groups is 1. The number of nitro benzene ring substituents is 1. The average Bonchev–Trinajstić information content (AvgIpc) is 2.63. The highest BCUT2D eigenvalue weighted by Crippen LogP contribution is 2.28. The fraction of sp³-hybridized carbons (Fsp3) is 0.222. The Morgan fingerprint density at radius 3 is 2.59 bits per heavy atom. The first-order valence-corrected chi connectivity index (χ1v) is 8.39. The molecule has 0 aliphatic heterocycles. The minimum atomic E-state index is -1.14. The second-order valence-corrected chi connectivity index (χ2v) is 5.80. The Kier molecular flexibility index (Phi) is 6.73. The number of esters is 1. The number of rotatable bonds is 7. The van der Waals surface area contributed by atoms with E-state index >= 15 is 0 Å². The number of hydrogen-bond acceptors (Lipinski definition) is 6. The van der Waals surface area contributed by atoms with Gasteiger partial charge in [0, 0.05) is 6.07 Å². The molecular weight excluding hydrogens is 376 g/mol. The van der Waals surface area contributed by atoms with Gasteiger partial charge in [0.1, 0.15) is 0 Å². The monoisotopic (exact) mass is 392 g/mol. The minimum absolute atomic E-state index is 0.0450. The number of halogens is 1. The number of anilines is 1. The zero-order valence-corrected chi connectivity index (χ0v) is 15.4. The third kappa shape index (κ3) is 5.18. The van der Waals surface area contributed by atoms with Gasteiger partial charge in [-0.15, -0.1) is 0 Å². The van der Waals surface area contributed by atoms with Crippen LogP contribution in [0, 0.1) is 10.1 Å². The standard InChI is InChI=1S/C18H17ClN2O6/c1-3-26-16-9-8-12(10-15(16)21(24)25)18(23)27-11(2)17(22)20-14-7-5-4-6-13(14)19/h4-11H,3H2,1-2H3,(H,20,22). The van der Waals surface area contributed by atoms with Crippen LogP contribution >= 0.6 is 11.6 Å². The van der Waals surface area contributed by atoms with Crippen LogP contribution in [0.4, 0.5) is 11.4 Å². The predicted molar refractivity (Wildman–Crippen MR) is 99.2 cm³/mol. The molecule has 1 atom stereocenters. The zero-order valence-electron chi connectivity index (χ0n) is 14.6. The molecule has 0 heterocycles. The van der Waals surface area contributed by atoms with E-state index in [9.17, 15) is 19.7 Å². The number of hydrogen-bond donors (Lipinski definition) is 1. The van der Waals surface area contributed by atoms with Gasteiger partial charge in [0.05, 0.1) is 27.8 Å². The van der Waals surface area contributed by atoms with Gasteiger partial charge < -0.3 is 14.8 Å². The Balaban J connectivity index is 2.09. The number of benzene rings is 2. The van der Waals surface area contributed by atoms with Crippen LogP contribution in [0.3, 0.4) is 0 Å². The van der Waals surface area contributed by atoms with Crippen molar-refractivity contribution in [1.29, 1.82) is 0 Å². The van der Waals surface area contributed by atoms with E-state index in [1.165, 1.54) is 19.1 Å². The van der Waals surface area contributed by atoms with E-state index in [1.54, 1.807) is 31.2 Å². The van der Waals surface area contributed by atoms with Crippen LogP contribution < -0.4 is 10.1 Å². The summed E-state index contributed by atoms with van der Waals surface area (Å²) < 4.78 is 10.2. The van der Waals surface area contributed by atoms with Crippen molar-refractivity contribution in [1.82, 2.24) is 0 Å². The molecule has 0 aliphatic carbocycles. The number of carbonyl (C=O) groups excluding carboxylic acids is 2. The van der Waals surface area contributed by atoms with Gasteiger partial charge in [0.15, 0.2) is 11.9 Å². The van der Waals surface area contributed by atoms with E-state index in [0.717, 1.165) is 6.07 Å². The summed E-state index contributed by atoms with van der Waals surface area (Å²) in [5, 5.41) is 14.0. The molecule has 0 saturated carbocycles. The normalized spacial score (nSPS) is 11.4. The van der Waals surface area contributed by atoms with Crippen molar-refractivity contribution in [3.05, 3.63) is 63.2 Å². The number of ether oxygens (including phenoxy) is 2.